The van der Waals surface area contributed by atoms with Crippen LogP contribution in [-0.4, -0.2) is 0 Å². The smallest absolute Gasteiger partial charge is 0.0540 e. The van der Waals surface area contributed by atoms with Crippen LogP contribution in [0.4, 0.5) is 17.1 Å². The first-order chi connectivity index (χ1) is 28.5. The van der Waals surface area contributed by atoms with E-state index in [0.717, 1.165) is 17.1 Å². The van der Waals surface area contributed by atoms with Gasteiger partial charge < -0.3 is 4.90 Å². The Labute approximate surface area is 342 Å². The molecule has 0 spiro atoms. The van der Waals surface area contributed by atoms with Gasteiger partial charge in [0.2, 0.25) is 0 Å². The molecule has 0 N–H and O–H groups in total. The van der Waals surface area contributed by atoms with E-state index in [1.54, 1.807) is 0 Å². The van der Waals surface area contributed by atoms with E-state index in [2.05, 4.69) is 243 Å². The Balaban J connectivity index is 1.12. The van der Waals surface area contributed by atoms with E-state index in [-0.39, 0.29) is 5.41 Å². The molecule has 0 unspecified atom stereocenters. The summed E-state index contributed by atoms with van der Waals surface area (Å²) in [6.07, 6.45) is 0. The maximum atomic E-state index is 2.45. The van der Waals surface area contributed by atoms with E-state index in [9.17, 15) is 0 Å². The van der Waals surface area contributed by atoms with Gasteiger partial charge in [0.25, 0.3) is 0 Å². The molecule has 0 aliphatic heterocycles. The zero-order valence-electron chi connectivity index (χ0n) is 32.8. The lowest BCUT2D eigenvalue weighted by atomic mass is 9.82. The summed E-state index contributed by atoms with van der Waals surface area (Å²) in [5, 5.41) is 0. The lowest BCUT2D eigenvalue weighted by Gasteiger charge is -2.29. The third kappa shape index (κ3) is 6.22. The van der Waals surface area contributed by atoms with Crippen LogP contribution in [0.25, 0.3) is 66.8 Å². The largest absolute Gasteiger partial charge is 0.310 e. The minimum absolute atomic E-state index is 0.0734. The second-order valence-electron chi connectivity index (χ2n) is 15.7. The molecule has 0 fully saturated rings. The molecule has 0 aromatic heterocycles. The van der Waals surface area contributed by atoms with Gasteiger partial charge in [0.15, 0.2) is 0 Å². The molecule has 0 saturated heterocycles. The molecule has 9 aromatic carbocycles. The first-order valence-electron chi connectivity index (χ1n) is 20.2. The summed E-state index contributed by atoms with van der Waals surface area (Å²) in [5.41, 5.74) is 20.7. The van der Waals surface area contributed by atoms with Gasteiger partial charge in [0, 0.05) is 22.4 Å². The monoisotopic (exact) mass is 741 g/mol. The molecule has 1 heteroatoms. The van der Waals surface area contributed by atoms with Crippen LogP contribution < -0.4 is 4.90 Å². The van der Waals surface area contributed by atoms with Gasteiger partial charge in [-0.3, -0.25) is 0 Å². The SMILES string of the molecule is CC1(C)c2ccccc2-c2cc(N(c3ccc(-c4ccc(-c5ccccc5)cc4)cc3)c3ccccc3-c3ccccc3-c3ccccc3-c3ccccc3)ccc21. The highest BCUT2D eigenvalue weighted by atomic mass is 15.1. The molecular weight excluding hydrogens is 699 g/mol. The number of hydrogen-bond acceptors (Lipinski definition) is 1. The van der Waals surface area contributed by atoms with Gasteiger partial charge in [-0.05, 0) is 103 Å². The molecule has 0 saturated carbocycles. The third-order valence-electron chi connectivity index (χ3n) is 11.9. The Morgan fingerprint density at radius 3 is 1.29 bits per heavy atom. The zero-order chi connectivity index (χ0) is 39.1. The predicted molar refractivity (Wildman–Crippen MR) is 246 cm³/mol. The highest BCUT2D eigenvalue weighted by Crippen LogP contribution is 2.52. The molecule has 276 valence electrons. The predicted octanol–water partition coefficient (Wildman–Crippen LogP) is 15.8. The topological polar surface area (TPSA) is 3.24 Å². The highest BCUT2D eigenvalue weighted by Gasteiger charge is 2.35. The normalized spacial score (nSPS) is 12.4. The van der Waals surface area contributed by atoms with Crippen molar-refractivity contribution in [3.8, 4) is 66.8 Å². The van der Waals surface area contributed by atoms with Crippen LogP contribution in [0.2, 0.25) is 0 Å². The minimum Gasteiger partial charge on any atom is -0.310 e. The van der Waals surface area contributed by atoms with Crippen molar-refractivity contribution in [1.82, 2.24) is 0 Å². The van der Waals surface area contributed by atoms with E-state index >= 15 is 0 Å². The van der Waals surface area contributed by atoms with E-state index in [1.807, 2.05) is 0 Å². The fourth-order valence-corrected chi connectivity index (χ4v) is 9.00. The van der Waals surface area contributed by atoms with Crippen LogP contribution >= 0.6 is 0 Å². The van der Waals surface area contributed by atoms with Crippen LogP contribution in [0.5, 0.6) is 0 Å². The Morgan fingerprint density at radius 2 is 0.672 bits per heavy atom. The van der Waals surface area contributed by atoms with E-state index in [4.69, 9.17) is 0 Å². The van der Waals surface area contributed by atoms with Crippen molar-refractivity contribution < 1.29 is 0 Å². The van der Waals surface area contributed by atoms with E-state index in [1.165, 1.54) is 77.9 Å². The van der Waals surface area contributed by atoms with E-state index in [0.29, 0.717) is 0 Å². The summed E-state index contributed by atoms with van der Waals surface area (Å²) in [6, 6.07) is 81.8. The highest BCUT2D eigenvalue weighted by molar-refractivity contribution is 5.98. The van der Waals surface area contributed by atoms with Gasteiger partial charge in [-0.2, -0.15) is 0 Å². The van der Waals surface area contributed by atoms with Gasteiger partial charge >= 0.3 is 0 Å². The molecule has 1 nitrogen and oxygen atoms in total. The van der Waals surface area contributed by atoms with Gasteiger partial charge in [0.1, 0.15) is 0 Å². The third-order valence-corrected chi connectivity index (χ3v) is 11.9. The number of nitrogens with zero attached hydrogens (tertiary/aromatic N) is 1. The molecule has 0 atom stereocenters. The summed E-state index contributed by atoms with van der Waals surface area (Å²) in [4.78, 5) is 2.45. The van der Waals surface area contributed by atoms with Crippen molar-refractivity contribution in [3.05, 3.63) is 236 Å². The van der Waals surface area contributed by atoms with Gasteiger partial charge in [-0.25, -0.2) is 0 Å². The number of fused-ring (bicyclic) bond motifs is 3. The number of hydrogen-bond donors (Lipinski definition) is 0. The molecule has 1 aliphatic carbocycles. The van der Waals surface area contributed by atoms with Crippen molar-refractivity contribution in [2.24, 2.45) is 0 Å². The molecule has 58 heavy (non-hydrogen) atoms. The molecule has 1 aliphatic rings. The van der Waals surface area contributed by atoms with Crippen LogP contribution in [0.15, 0.2) is 224 Å². The van der Waals surface area contributed by atoms with E-state index < -0.39 is 0 Å². The summed E-state index contributed by atoms with van der Waals surface area (Å²) >= 11 is 0. The maximum absolute atomic E-state index is 2.45. The quantitative estimate of drug-likeness (QED) is 0.150. The van der Waals surface area contributed by atoms with Crippen molar-refractivity contribution in [2.45, 2.75) is 19.3 Å². The Morgan fingerprint density at radius 1 is 0.276 bits per heavy atom. The Hall–Kier alpha value is -7.22. The fraction of sp³-hybridized carbons (Fsp3) is 0.0526. The lowest BCUT2D eigenvalue weighted by molar-refractivity contribution is 0.660. The van der Waals surface area contributed by atoms with Crippen molar-refractivity contribution in [3.63, 3.8) is 0 Å². The average molecular weight is 742 g/mol. The van der Waals surface area contributed by atoms with Gasteiger partial charge in [-0.15, -0.1) is 0 Å². The van der Waals surface area contributed by atoms with Crippen LogP contribution in [0.3, 0.4) is 0 Å². The van der Waals surface area contributed by atoms with Gasteiger partial charge in [-0.1, -0.05) is 208 Å². The second kappa shape index (κ2) is 14.7. The molecule has 9 aromatic rings. The van der Waals surface area contributed by atoms with Crippen LogP contribution in [-0.2, 0) is 5.41 Å². The molecule has 0 heterocycles. The maximum Gasteiger partial charge on any atom is 0.0540 e. The summed E-state index contributed by atoms with van der Waals surface area (Å²) in [5.74, 6) is 0. The number of anilines is 3. The number of para-hydroxylation sites is 1. The fourth-order valence-electron chi connectivity index (χ4n) is 9.00. The zero-order valence-corrected chi connectivity index (χ0v) is 32.8. The van der Waals surface area contributed by atoms with Crippen LogP contribution in [0.1, 0.15) is 25.0 Å². The summed E-state index contributed by atoms with van der Waals surface area (Å²) in [7, 11) is 0. The average Bonchev–Trinajstić information content (AvgIpc) is 3.53. The van der Waals surface area contributed by atoms with Gasteiger partial charge in [0.05, 0.1) is 5.69 Å². The standard InChI is InChI=1S/C57H43N/c1-57(2)54-27-15-13-25-51(54)53-39-46(37-38-55(53)57)58(45-35-33-43(34-36-45)42-31-29-41(30-32-42)40-17-5-3-6-18-40)56-28-16-14-26-52(56)50-24-12-11-23-49(50)48-22-10-9-21-47(48)44-19-7-4-8-20-44/h3-39H,1-2H3. The lowest BCUT2D eigenvalue weighted by Crippen LogP contribution is -2.15. The first kappa shape index (κ1) is 35.2. The molecule has 0 amide bonds. The molecule has 10 rings (SSSR count). The van der Waals surface area contributed by atoms with Crippen molar-refractivity contribution >= 4 is 17.1 Å². The van der Waals surface area contributed by atoms with Crippen LogP contribution in [0, 0.1) is 0 Å². The minimum atomic E-state index is -0.0734. The number of benzene rings is 9. The second-order valence-corrected chi connectivity index (χ2v) is 15.7. The Kier molecular flexibility index (Phi) is 8.92. The molecule has 0 radical (unpaired) electrons. The summed E-state index contributed by atoms with van der Waals surface area (Å²) in [6.45, 7) is 4.69. The molecular formula is C57H43N. The van der Waals surface area contributed by atoms with Crippen molar-refractivity contribution in [1.29, 1.82) is 0 Å². The molecule has 0 bridgehead atoms. The summed E-state index contributed by atoms with van der Waals surface area (Å²) < 4.78 is 0. The Bertz CT molecular complexity index is 2890. The van der Waals surface area contributed by atoms with Crippen molar-refractivity contribution in [2.75, 3.05) is 4.90 Å². The first-order valence-corrected chi connectivity index (χ1v) is 20.2. The number of rotatable bonds is 8.